The van der Waals surface area contributed by atoms with Gasteiger partial charge in [0, 0.05) is 36.2 Å². The molecule has 0 bridgehead atoms. The van der Waals surface area contributed by atoms with Gasteiger partial charge in [0.2, 0.25) is 27.6 Å². The Balaban J connectivity index is 1.29. The van der Waals surface area contributed by atoms with Crippen molar-refractivity contribution in [3.05, 3.63) is 59.5 Å². The summed E-state index contributed by atoms with van der Waals surface area (Å²) in [6.07, 6.45) is 3.05. The number of hydrogen-bond acceptors (Lipinski definition) is 6. The van der Waals surface area contributed by atoms with E-state index in [9.17, 15) is 13.2 Å². The molecule has 2 heterocycles. The van der Waals surface area contributed by atoms with Gasteiger partial charge < -0.3 is 9.84 Å². The Morgan fingerprint density at radius 1 is 1.03 bits per heavy atom. The number of piperidine rings is 1. The topological polar surface area (TPSA) is 105 Å². The number of para-hydroxylation sites is 1. The second kappa shape index (κ2) is 8.96. The molecule has 1 aromatic heterocycles. The van der Waals surface area contributed by atoms with E-state index in [0.29, 0.717) is 54.7 Å². The monoisotopic (exact) mass is 480 g/mol. The highest BCUT2D eigenvalue weighted by Gasteiger charge is 2.34. The van der Waals surface area contributed by atoms with Crippen LogP contribution in [0.3, 0.4) is 0 Å². The van der Waals surface area contributed by atoms with Gasteiger partial charge in [-0.15, -0.1) is 0 Å². The first kappa shape index (κ1) is 22.7. The van der Waals surface area contributed by atoms with E-state index in [-0.39, 0.29) is 16.7 Å². The number of nitrogens with zero attached hydrogens (tertiary/aromatic N) is 3. The van der Waals surface area contributed by atoms with Gasteiger partial charge >= 0.3 is 0 Å². The highest BCUT2D eigenvalue weighted by atomic mass is 32.2. The Hall–Kier alpha value is -3.04. The van der Waals surface area contributed by atoms with Gasteiger partial charge in [0.25, 0.3) is 0 Å². The van der Waals surface area contributed by atoms with E-state index in [2.05, 4.69) is 15.5 Å². The van der Waals surface area contributed by atoms with Crippen molar-refractivity contribution in [3.8, 4) is 11.4 Å². The van der Waals surface area contributed by atoms with Crippen LogP contribution in [0.25, 0.3) is 11.4 Å². The van der Waals surface area contributed by atoms with Crippen molar-refractivity contribution < 1.29 is 17.7 Å². The lowest BCUT2D eigenvalue weighted by Gasteiger charge is -2.31. The molecule has 2 aliphatic rings. The van der Waals surface area contributed by atoms with Crippen molar-refractivity contribution >= 4 is 21.6 Å². The molecule has 5 rings (SSSR count). The largest absolute Gasteiger partial charge is 0.339 e. The van der Waals surface area contributed by atoms with Gasteiger partial charge in [-0.2, -0.15) is 9.29 Å². The molecule has 178 valence electrons. The number of hydrogen-bond donors (Lipinski definition) is 1. The van der Waals surface area contributed by atoms with Crippen LogP contribution < -0.4 is 5.32 Å². The molecule has 8 nitrogen and oxygen atoms in total. The number of benzene rings is 2. The highest BCUT2D eigenvalue weighted by Crippen LogP contribution is 2.39. The third-order valence-corrected chi connectivity index (χ3v) is 8.70. The van der Waals surface area contributed by atoms with Crippen molar-refractivity contribution in [2.75, 3.05) is 18.4 Å². The number of aryl methyl sites for hydroxylation is 2. The van der Waals surface area contributed by atoms with Crippen LogP contribution in [-0.4, -0.2) is 41.9 Å². The number of rotatable bonds is 6. The van der Waals surface area contributed by atoms with Crippen LogP contribution in [0.1, 0.15) is 48.6 Å². The lowest BCUT2D eigenvalue weighted by atomic mass is 9.97. The minimum Gasteiger partial charge on any atom is -0.339 e. The SMILES string of the molecule is Cc1ccccc1NC(=O)C1CCN(S(=O)(=O)c2cc(-c3noc(C4CC4)n3)ccc2C)CC1. The molecule has 0 radical (unpaired) electrons. The van der Waals surface area contributed by atoms with Crippen molar-refractivity contribution in [2.24, 2.45) is 5.92 Å². The fraction of sp³-hybridized carbons (Fsp3) is 0.400. The zero-order valence-corrected chi connectivity index (χ0v) is 20.1. The lowest BCUT2D eigenvalue weighted by molar-refractivity contribution is -0.120. The van der Waals surface area contributed by atoms with Gasteiger partial charge in [-0.05, 0) is 62.8 Å². The first-order chi connectivity index (χ1) is 16.3. The van der Waals surface area contributed by atoms with Gasteiger partial charge in [0.05, 0.1) is 4.90 Å². The zero-order valence-electron chi connectivity index (χ0n) is 19.3. The van der Waals surface area contributed by atoms with Crippen molar-refractivity contribution in [1.29, 1.82) is 0 Å². The Kier molecular flexibility index (Phi) is 5.99. The molecular weight excluding hydrogens is 452 g/mol. The quantitative estimate of drug-likeness (QED) is 0.565. The summed E-state index contributed by atoms with van der Waals surface area (Å²) in [7, 11) is -3.72. The molecule has 1 aliphatic carbocycles. The molecule has 1 N–H and O–H groups in total. The van der Waals surface area contributed by atoms with Crippen molar-refractivity contribution in [3.63, 3.8) is 0 Å². The fourth-order valence-corrected chi connectivity index (χ4v) is 6.03. The normalized spacial score (nSPS) is 17.6. The number of nitrogens with one attached hydrogen (secondary N) is 1. The van der Waals surface area contributed by atoms with Crippen LogP contribution in [0, 0.1) is 19.8 Å². The average Bonchev–Trinajstić information content (AvgIpc) is 3.57. The minimum absolute atomic E-state index is 0.0619. The van der Waals surface area contributed by atoms with Gasteiger partial charge in [0.1, 0.15) is 0 Å². The van der Waals surface area contributed by atoms with E-state index in [0.717, 1.165) is 24.1 Å². The van der Waals surface area contributed by atoms with Crippen LogP contribution in [0.4, 0.5) is 5.69 Å². The summed E-state index contributed by atoms with van der Waals surface area (Å²) >= 11 is 0. The standard InChI is InChI=1S/C25H28N4O4S/c1-16-5-3-4-6-21(16)26-24(30)18-11-13-29(14-12-18)34(31,32)22-15-20(8-7-17(22)2)23-27-25(33-28-23)19-9-10-19/h3-8,15,18-19H,9-14H2,1-2H3,(H,26,30). The molecule has 34 heavy (non-hydrogen) atoms. The third-order valence-electron chi connectivity index (χ3n) is 6.66. The molecule has 2 fully saturated rings. The van der Waals surface area contributed by atoms with Gasteiger partial charge in [-0.3, -0.25) is 4.79 Å². The van der Waals surface area contributed by atoms with Crippen LogP contribution in [0.5, 0.6) is 0 Å². The van der Waals surface area contributed by atoms with Crippen molar-refractivity contribution in [1.82, 2.24) is 14.4 Å². The smallest absolute Gasteiger partial charge is 0.243 e. The highest BCUT2D eigenvalue weighted by molar-refractivity contribution is 7.89. The average molecular weight is 481 g/mol. The Morgan fingerprint density at radius 3 is 2.47 bits per heavy atom. The number of carbonyl (C=O) groups is 1. The predicted molar refractivity (Wildman–Crippen MR) is 128 cm³/mol. The second-order valence-electron chi connectivity index (χ2n) is 9.19. The van der Waals surface area contributed by atoms with Crippen LogP contribution in [-0.2, 0) is 14.8 Å². The molecule has 9 heteroatoms. The molecular formula is C25H28N4O4S. The maximum Gasteiger partial charge on any atom is 0.243 e. The van der Waals surface area contributed by atoms with E-state index in [4.69, 9.17) is 4.52 Å². The van der Waals surface area contributed by atoms with E-state index < -0.39 is 10.0 Å². The maximum absolute atomic E-state index is 13.5. The molecule has 2 aromatic carbocycles. The van der Waals surface area contributed by atoms with Crippen molar-refractivity contribution in [2.45, 2.75) is 50.3 Å². The van der Waals surface area contributed by atoms with E-state index in [1.165, 1.54) is 4.31 Å². The lowest BCUT2D eigenvalue weighted by Crippen LogP contribution is -2.41. The fourth-order valence-electron chi connectivity index (χ4n) is 4.31. The summed E-state index contributed by atoms with van der Waals surface area (Å²) in [5.41, 5.74) is 3.07. The van der Waals surface area contributed by atoms with Crippen LogP contribution in [0.15, 0.2) is 51.9 Å². The first-order valence-corrected chi connectivity index (χ1v) is 13.1. The Morgan fingerprint density at radius 2 is 1.76 bits per heavy atom. The zero-order chi connectivity index (χ0) is 23.9. The minimum atomic E-state index is -3.72. The summed E-state index contributed by atoms with van der Waals surface area (Å²) in [5, 5.41) is 7.03. The summed E-state index contributed by atoms with van der Waals surface area (Å²) in [5.74, 6) is 1.07. The van der Waals surface area contributed by atoms with Gasteiger partial charge in [-0.1, -0.05) is 35.5 Å². The number of anilines is 1. The number of carbonyl (C=O) groups excluding carboxylic acids is 1. The van der Waals surface area contributed by atoms with E-state index in [1.807, 2.05) is 37.3 Å². The number of sulfonamides is 1. The molecule has 0 unspecified atom stereocenters. The number of aromatic nitrogens is 2. The first-order valence-electron chi connectivity index (χ1n) is 11.6. The summed E-state index contributed by atoms with van der Waals surface area (Å²) < 4.78 is 33.8. The second-order valence-corrected chi connectivity index (χ2v) is 11.1. The van der Waals surface area contributed by atoms with Crippen LogP contribution in [0.2, 0.25) is 0 Å². The Labute approximate surface area is 199 Å². The third kappa shape index (κ3) is 4.50. The predicted octanol–water partition coefficient (Wildman–Crippen LogP) is 4.27. The molecule has 0 atom stereocenters. The Bertz CT molecular complexity index is 1320. The molecule has 0 spiro atoms. The van der Waals surface area contributed by atoms with Crippen LogP contribution >= 0.6 is 0 Å². The molecule has 1 saturated carbocycles. The van der Waals surface area contributed by atoms with Gasteiger partial charge in [-0.25, -0.2) is 8.42 Å². The summed E-state index contributed by atoms with van der Waals surface area (Å²) in [4.78, 5) is 17.4. The van der Waals surface area contributed by atoms with E-state index >= 15 is 0 Å². The van der Waals surface area contributed by atoms with Gasteiger partial charge in [0.15, 0.2) is 0 Å². The number of amides is 1. The summed E-state index contributed by atoms with van der Waals surface area (Å²) in [6.45, 7) is 4.32. The summed E-state index contributed by atoms with van der Waals surface area (Å²) in [6, 6.07) is 12.9. The molecule has 1 amide bonds. The molecule has 1 saturated heterocycles. The molecule has 1 aliphatic heterocycles. The van der Waals surface area contributed by atoms with E-state index in [1.54, 1.807) is 19.1 Å². The molecule has 3 aromatic rings. The maximum atomic E-state index is 13.5.